The summed E-state index contributed by atoms with van der Waals surface area (Å²) in [5, 5.41) is 4.16. The zero-order valence-corrected chi connectivity index (χ0v) is 18.4. The first-order valence-corrected chi connectivity index (χ1v) is 8.97. The van der Waals surface area contributed by atoms with Gasteiger partial charge in [-0.25, -0.2) is 9.98 Å². The fraction of sp³-hybridized carbons (Fsp3) is 0.368. The van der Waals surface area contributed by atoms with E-state index in [4.69, 9.17) is 5.73 Å². The van der Waals surface area contributed by atoms with Crippen LogP contribution in [0.15, 0.2) is 52.6 Å². The molecule has 2 rings (SSSR count). The molecule has 0 fully saturated rings. The summed E-state index contributed by atoms with van der Waals surface area (Å²) < 4.78 is 0.139. The predicted octanol–water partition coefficient (Wildman–Crippen LogP) is 5.08. The van der Waals surface area contributed by atoms with Crippen LogP contribution in [0.1, 0.15) is 38.8 Å². The molecule has 0 amide bonds. The Morgan fingerprint density at radius 3 is 2.64 bits per heavy atom. The van der Waals surface area contributed by atoms with Crippen molar-refractivity contribution in [3.8, 4) is 0 Å². The molecule has 0 saturated carbocycles. The van der Waals surface area contributed by atoms with E-state index in [9.17, 15) is 0 Å². The molecule has 0 saturated heterocycles. The van der Waals surface area contributed by atoms with E-state index in [1.54, 1.807) is 11.8 Å². The van der Waals surface area contributed by atoms with Crippen molar-refractivity contribution in [1.29, 1.82) is 0 Å². The normalized spacial score (nSPS) is 11.8. The van der Waals surface area contributed by atoms with E-state index >= 15 is 0 Å². The van der Waals surface area contributed by atoms with Crippen molar-refractivity contribution in [3.63, 3.8) is 0 Å². The first-order chi connectivity index (χ1) is 11.4. The molecule has 0 unspecified atom stereocenters. The molecule has 0 spiro atoms. The minimum atomic E-state index is 0. The third-order valence-corrected chi connectivity index (χ3v) is 4.29. The van der Waals surface area contributed by atoms with Gasteiger partial charge in [0.2, 0.25) is 0 Å². The summed E-state index contributed by atoms with van der Waals surface area (Å²) in [5.74, 6) is 0.421. The Hall–Kier alpha value is -1.28. The Balaban J connectivity index is 0.00000312. The van der Waals surface area contributed by atoms with Crippen LogP contribution in [-0.4, -0.2) is 15.7 Å². The quantitative estimate of drug-likeness (QED) is 0.277. The molecule has 0 aliphatic carbocycles. The van der Waals surface area contributed by atoms with Crippen LogP contribution >= 0.6 is 35.7 Å². The molecule has 0 aliphatic heterocycles. The van der Waals surface area contributed by atoms with Gasteiger partial charge in [0.05, 0.1) is 11.6 Å². The van der Waals surface area contributed by atoms with Crippen LogP contribution in [0.25, 0.3) is 0 Å². The Morgan fingerprint density at radius 2 is 1.96 bits per heavy atom. The Morgan fingerprint density at radius 1 is 1.20 bits per heavy atom. The van der Waals surface area contributed by atoms with Crippen molar-refractivity contribution in [3.05, 3.63) is 53.7 Å². The van der Waals surface area contributed by atoms with Gasteiger partial charge in [-0.2, -0.15) is 0 Å². The second-order valence-corrected chi connectivity index (χ2v) is 8.44. The van der Waals surface area contributed by atoms with Crippen LogP contribution in [0, 0.1) is 0 Å². The summed E-state index contributed by atoms with van der Waals surface area (Å²) in [6, 6.07) is 12.3. The van der Waals surface area contributed by atoms with Crippen LogP contribution in [0.5, 0.6) is 0 Å². The molecule has 1 aromatic heterocycles. The van der Waals surface area contributed by atoms with E-state index < -0.39 is 0 Å². The summed E-state index contributed by atoms with van der Waals surface area (Å²) in [6.07, 6.45) is 2.82. The Bertz CT molecular complexity index is 711. The van der Waals surface area contributed by atoms with E-state index in [0.717, 1.165) is 22.7 Å². The number of rotatable bonds is 5. The summed E-state index contributed by atoms with van der Waals surface area (Å²) in [6.45, 7) is 9.20. The molecule has 2 aromatic rings. The third-order valence-electron chi connectivity index (χ3n) is 3.25. The number of benzene rings is 1. The smallest absolute Gasteiger partial charge is 0.193 e. The van der Waals surface area contributed by atoms with Crippen LogP contribution < -0.4 is 11.1 Å². The van der Waals surface area contributed by atoms with E-state index in [-0.39, 0.29) is 28.7 Å². The highest BCUT2D eigenvalue weighted by atomic mass is 127. The minimum Gasteiger partial charge on any atom is -0.370 e. The maximum Gasteiger partial charge on any atom is 0.193 e. The summed E-state index contributed by atoms with van der Waals surface area (Å²) in [7, 11) is 0. The van der Waals surface area contributed by atoms with Crippen molar-refractivity contribution in [2.24, 2.45) is 10.7 Å². The lowest BCUT2D eigenvalue weighted by Gasteiger charge is -2.16. The number of aromatic nitrogens is 1. The topological polar surface area (TPSA) is 63.3 Å². The summed E-state index contributed by atoms with van der Waals surface area (Å²) in [5.41, 5.74) is 9.34. The number of hydrogen-bond donors (Lipinski definition) is 2. The fourth-order valence-corrected chi connectivity index (χ4v) is 3.10. The molecule has 4 nitrogen and oxygen atoms in total. The average molecular weight is 470 g/mol. The minimum absolute atomic E-state index is 0. The highest BCUT2D eigenvalue weighted by Crippen LogP contribution is 2.30. The third kappa shape index (κ3) is 8.09. The predicted molar refractivity (Wildman–Crippen MR) is 120 cm³/mol. The van der Waals surface area contributed by atoms with Crippen molar-refractivity contribution in [2.45, 2.75) is 50.4 Å². The van der Waals surface area contributed by atoms with Crippen molar-refractivity contribution < 1.29 is 0 Å². The van der Waals surface area contributed by atoms with Crippen LogP contribution in [0.4, 0.5) is 5.69 Å². The Labute approximate surface area is 172 Å². The van der Waals surface area contributed by atoms with E-state index in [0.29, 0.717) is 12.5 Å². The van der Waals surface area contributed by atoms with Gasteiger partial charge in [-0.05, 0) is 41.8 Å². The van der Waals surface area contributed by atoms with Crippen LogP contribution in [0.3, 0.4) is 0 Å². The largest absolute Gasteiger partial charge is 0.370 e. The number of nitrogens with zero attached hydrogens (tertiary/aromatic N) is 2. The van der Waals surface area contributed by atoms with Gasteiger partial charge in [-0.1, -0.05) is 39.8 Å². The maximum absolute atomic E-state index is 6.00. The van der Waals surface area contributed by atoms with Gasteiger partial charge < -0.3 is 11.1 Å². The van der Waals surface area contributed by atoms with Crippen LogP contribution in [-0.2, 0) is 13.0 Å². The first-order valence-electron chi connectivity index (χ1n) is 8.15. The zero-order chi connectivity index (χ0) is 17.6. The van der Waals surface area contributed by atoms with Gasteiger partial charge >= 0.3 is 0 Å². The molecule has 25 heavy (non-hydrogen) atoms. The molecule has 6 heteroatoms. The first kappa shape index (κ1) is 21.8. The zero-order valence-electron chi connectivity index (χ0n) is 15.2. The summed E-state index contributed by atoms with van der Waals surface area (Å²) >= 11 is 1.75. The average Bonchev–Trinajstić information content (AvgIpc) is 2.52. The van der Waals surface area contributed by atoms with Gasteiger partial charge in [-0.15, -0.1) is 35.7 Å². The SMILES string of the molecule is CCc1cccc(NC(N)=NCc2ccnc(SC(C)(C)C)c2)c1.I. The number of thioether (sulfide) groups is 1. The molecule has 136 valence electrons. The molecule has 1 heterocycles. The number of nitrogens with two attached hydrogens (primary N) is 1. The molecule has 0 aliphatic rings. The number of pyridine rings is 1. The van der Waals surface area contributed by atoms with Gasteiger partial charge in [0.1, 0.15) is 0 Å². The van der Waals surface area contributed by atoms with Gasteiger partial charge in [0.25, 0.3) is 0 Å². The van der Waals surface area contributed by atoms with Gasteiger partial charge in [0.15, 0.2) is 5.96 Å². The van der Waals surface area contributed by atoms with Gasteiger partial charge in [-0.3, -0.25) is 0 Å². The molecule has 0 atom stereocenters. The molecular formula is C19H27IN4S. The number of anilines is 1. The monoisotopic (exact) mass is 470 g/mol. The highest BCUT2D eigenvalue weighted by Gasteiger charge is 2.13. The fourth-order valence-electron chi connectivity index (χ4n) is 2.15. The molecule has 0 bridgehead atoms. The van der Waals surface area contributed by atoms with Crippen LogP contribution in [0.2, 0.25) is 0 Å². The second-order valence-electron chi connectivity index (χ2n) is 6.60. The highest BCUT2D eigenvalue weighted by molar-refractivity contribution is 14.0. The summed E-state index contributed by atoms with van der Waals surface area (Å²) in [4.78, 5) is 8.84. The number of halogens is 1. The van der Waals surface area contributed by atoms with Crippen molar-refractivity contribution in [1.82, 2.24) is 4.98 Å². The van der Waals surface area contributed by atoms with E-state index in [2.05, 4.69) is 61.2 Å². The standard InChI is InChI=1S/C19H26N4S.HI/c1-5-14-7-6-8-16(11-14)23-18(20)22-13-15-9-10-21-17(12-15)24-19(2,3)4;/h6-12H,5,13H2,1-4H3,(H3,20,22,23);1H. The van der Waals surface area contributed by atoms with Crippen molar-refractivity contribution in [2.75, 3.05) is 5.32 Å². The number of aliphatic imine (C=N–C) groups is 1. The van der Waals surface area contributed by atoms with E-state index in [1.165, 1.54) is 5.56 Å². The lowest BCUT2D eigenvalue weighted by molar-refractivity contribution is 0.798. The molecule has 0 radical (unpaired) electrons. The number of nitrogens with one attached hydrogen (secondary N) is 1. The molecular weight excluding hydrogens is 443 g/mol. The van der Waals surface area contributed by atoms with Gasteiger partial charge in [0, 0.05) is 16.6 Å². The van der Waals surface area contributed by atoms with E-state index in [1.807, 2.05) is 24.4 Å². The lowest BCUT2D eigenvalue weighted by atomic mass is 10.1. The Kier molecular flexibility index (Phi) is 8.71. The lowest BCUT2D eigenvalue weighted by Crippen LogP contribution is -2.22. The maximum atomic E-state index is 6.00. The number of aryl methyl sites for hydroxylation is 1. The number of hydrogen-bond acceptors (Lipinski definition) is 3. The molecule has 1 aromatic carbocycles. The second kappa shape index (κ2) is 10.0. The van der Waals surface area contributed by atoms with Crippen molar-refractivity contribution >= 4 is 47.4 Å². The number of guanidine groups is 1. The molecule has 3 N–H and O–H groups in total.